The SMILES string of the molecule is CC(CF)CCC(F)=C(F)F. The summed E-state index contributed by atoms with van der Waals surface area (Å²) in [6.07, 6.45) is -2.54. The molecule has 0 N–H and O–H groups in total. The van der Waals surface area contributed by atoms with Gasteiger partial charge in [-0.15, -0.1) is 0 Å². The van der Waals surface area contributed by atoms with Crippen LogP contribution < -0.4 is 0 Å². The van der Waals surface area contributed by atoms with Crippen molar-refractivity contribution in [2.45, 2.75) is 19.8 Å². The van der Waals surface area contributed by atoms with Crippen molar-refractivity contribution in [3.63, 3.8) is 0 Å². The van der Waals surface area contributed by atoms with Gasteiger partial charge in [0.15, 0.2) is 5.83 Å². The molecule has 0 aromatic carbocycles. The first-order chi connectivity index (χ1) is 5.07. The Balaban J connectivity index is 3.63. The van der Waals surface area contributed by atoms with Crippen molar-refractivity contribution in [2.75, 3.05) is 6.67 Å². The van der Waals surface area contributed by atoms with Gasteiger partial charge in [0.1, 0.15) is 0 Å². The summed E-state index contributed by atoms with van der Waals surface area (Å²) in [4.78, 5) is 0. The molecule has 0 aromatic rings. The Bertz CT molecular complexity index is 137. The van der Waals surface area contributed by atoms with Gasteiger partial charge in [0, 0.05) is 6.42 Å². The summed E-state index contributed by atoms with van der Waals surface area (Å²) in [7, 11) is 0. The smallest absolute Gasteiger partial charge is 0.251 e. The highest BCUT2D eigenvalue weighted by Crippen LogP contribution is 2.18. The fourth-order valence-corrected chi connectivity index (χ4v) is 0.545. The topological polar surface area (TPSA) is 0 Å². The van der Waals surface area contributed by atoms with Crippen molar-refractivity contribution in [3.05, 3.63) is 11.9 Å². The molecule has 0 fully saturated rings. The van der Waals surface area contributed by atoms with Crippen molar-refractivity contribution < 1.29 is 17.6 Å². The lowest BCUT2D eigenvalue weighted by molar-refractivity contribution is 0.336. The Morgan fingerprint density at radius 3 is 2.18 bits per heavy atom. The predicted octanol–water partition coefficient (Wildman–Crippen LogP) is 3.45. The number of halogens is 4. The Morgan fingerprint density at radius 1 is 1.27 bits per heavy atom. The van der Waals surface area contributed by atoms with Crippen LogP contribution in [0, 0.1) is 5.92 Å². The number of allylic oxidation sites excluding steroid dienone is 1. The molecule has 0 rings (SSSR count). The van der Waals surface area contributed by atoms with E-state index in [9.17, 15) is 17.6 Å². The van der Waals surface area contributed by atoms with Gasteiger partial charge >= 0.3 is 6.08 Å². The van der Waals surface area contributed by atoms with Crippen molar-refractivity contribution in [3.8, 4) is 0 Å². The van der Waals surface area contributed by atoms with E-state index >= 15 is 0 Å². The highest BCUT2D eigenvalue weighted by molar-refractivity contribution is 4.91. The summed E-state index contributed by atoms with van der Waals surface area (Å²) in [5.41, 5.74) is 0. The third-order valence-electron chi connectivity index (χ3n) is 1.33. The highest BCUT2D eigenvalue weighted by Gasteiger charge is 2.07. The third kappa shape index (κ3) is 4.81. The average molecular weight is 170 g/mol. The van der Waals surface area contributed by atoms with Gasteiger partial charge in [0.25, 0.3) is 0 Å². The largest absolute Gasteiger partial charge is 0.301 e. The van der Waals surface area contributed by atoms with Crippen LogP contribution in [0.5, 0.6) is 0 Å². The molecule has 0 aliphatic heterocycles. The van der Waals surface area contributed by atoms with Crippen LogP contribution in [0.1, 0.15) is 19.8 Å². The van der Waals surface area contributed by atoms with E-state index in [1.165, 1.54) is 0 Å². The van der Waals surface area contributed by atoms with Gasteiger partial charge in [0.05, 0.1) is 6.67 Å². The molecule has 0 radical (unpaired) electrons. The van der Waals surface area contributed by atoms with Crippen molar-refractivity contribution >= 4 is 0 Å². The Hall–Kier alpha value is -0.540. The molecule has 0 amide bonds. The summed E-state index contributed by atoms with van der Waals surface area (Å²) in [6, 6.07) is 0. The van der Waals surface area contributed by atoms with Crippen LogP contribution >= 0.6 is 0 Å². The first-order valence-electron chi connectivity index (χ1n) is 3.33. The van der Waals surface area contributed by atoms with Crippen LogP contribution in [0.3, 0.4) is 0 Å². The molecule has 0 nitrogen and oxygen atoms in total. The lowest BCUT2D eigenvalue weighted by Gasteiger charge is -2.02. The predicted molar refractivity (Wildman–Crippen MR) is 34.7 cm³/mol. The van der Waals surface area contributed by atoms with E-state index in [1.54, 1.807) is 6.92 Å². The number of rotatable bonds is 4. The monoisotopic (exact) mass is 170 g/mol. The molecule has 66 valence electrons. The van der Waals surface area contributed by atoms with E-state index < -0.39 is 18.6 Å². The van der Waals surface area contributed by atoms with Gasteiger partial charge in [-0.1, -0.05) is 6.92 Å². The van der Waals surface area contributed by atoms with Crippen molar-refractivity contribution in [1.82, 2.24) is 0 Å². The van der Waals surface area contributed by atoms with E-state index in [0.717, 1.165) is 0 Å². The molecule has 0 spiro atoms. The highest BCUT2D eigenvalue weighted by atomic mass is 19.3. The molecule has 1 unspecified atom stereocenters. The van der Waals surface area contributed by atoms with Gasteiger partial charge < -0.3 is 0 Å². The first kappa shape index (κ1) is 10.5. The normalized spacial score (nSPS) is 12.8. The first-order valence-corrected chi connectivity index (χ1v) is 3.33. The van der Waals surface area contributed by atoms with Crippen LogP contribution in [0.15, 0.2) is 11.9 Å². The maximum absolute atomic E-state index is 12.0. The maximum Gasteiger partial charge on any atom is 0.301 e. The summed E-state index contributed by atoms with van der Waals surface area (Å²) in [6.45, 7) is 0.949. The fourth-order valence-electron chi connectivity index (χ4n) is 0.545. The molecule has 4 heteroatoms. The molecule has 0 bridgehead atoms. The Kier molecular flexibility index (Phi) is 4.90. The van der Waals surface area contributed by atoms with Gasteiger partial charge in [0.2, 0.25) is 0 Å². The van der Waals surface area contributed by atoms with Crippen LogP contribution in [-0.2, 0) is 0 Å². The molecule has 0 heterocycles. The second-order valence-corrected chi connectivity index (χ2v) is 2.46. The summed E-state index contributed by atoms with van der Waals surface area (Å²) < 4.78 is 46.5. The summed E-state index contributed by atoms with van der Waals surface area (Å²) in [5, 5.41) is 0. The van der Waals surface area contributed by atoms with Crippen molar-refractivity contribution in [1.29, 1.82) is 0 Å². The molecule has 0 saturated carbocycles. The number of hydrogen-bond acceptors (Lipinski definition) is 0. The molecule has 0 aliphatic carbocycles. The van der Waals surface area contributed by atoms with Crippen LogP contribution in [-0.4, -0.2) is 6.67 Å². The molecule has 0 aliphatic rings. The van der Waals surface area contributed by atoms with E-state index in [4.69, 9.17) is 0 Å². The van der Waals surface area contributed by atoms with Gasteiger partial charge in [-0.2, -0.15) is 8.78 Å². The second-order valence-electron chi connectivity index (χ2n) is 2.46. The van der Waals surface area contributed by atoms with Crippen LogP contribution in [0.2, 0.25) is 0 Å². The van der Waals surface area contributed by atoms with Crippen LogP contribution in [0.25, 0.3) is 0 Å². The molecule has 11 heavy (non-hydrogen) atoms. The minimum absolute atomic E-state index is 0.125. The zero-order chi connectivity index (χ0) is 8.85. The minimum Gasteiger partial charge on any atom is -0.251 e. The van der Waals surface area contributed by atoms with Gasteiger partial charge in [-0.05, 0) is 12.3 Å². The molecule has 0 aromatic heterocycles. The average Bonchev–Trinajstić information content (AvgIpc) is 1.99. The zero-order valence-electron chi connectivity index (χ0n) is 6.21. The van der Waals surface area contributed by atoms with Crippen molar-refractivity contribution in [2.24, 2.45) is 5.92 Å². The Morgan fingerprint density at radius 2 is 1.82 bits per heavy atom. The quantitative estimate of drug-likeness (QED) is 0.567. The third-order valence-corrected chi connectivity index (χ3v) is 1.33. The van der Waals surface area contributed by atoms with E-state index in [-0.39, 0.29) is 18.8 Å². The van der Waals surface area contributed by atoms with E-state index in [0.29, 0.717) is 0 Å². The number of alkyl halides is 1. The molecule has 0 saturated heterocycles. The minimum atomic E-state index is -2.30. The van der Waals surface area contributed by atoms with Gasteiger partial charge in [-0.25, -0.2) is 4.39 Å². The maximum atomic E-state index is 12.0. The lowest BCUT2D eigenvalue weighted by Crippen LogP contribution is -1.96. The molecule has 1 atom stereocenters. The number of hydrogen-bond donors (Lipinski definition) is 0. The fraction of sp³-hybridized carbons (Fsp3) is 0.714. The standard InChI is InChI=1S/C7H10F4/c1-5(4-8)2-3-6(9)7(10)11/h5H,2-4H2,1H3. The summed E-state index contributed by atoms with van der Waals surface area (Å²) in [5.74, 6) is -1.77. The molecular weight excluding hydrogens is 160 g/mol. The van der Waals surface area contributed by atoms with E-state index in [2.05, 4.69) is 0 Å². The summed E-state index contributed by atoms with van der Waals surface area (Å²) >= 11 is 0. The van der Waals surface area contributed by atoms with Crippen LogP contribution in [0.4, 0.5) is 17.6 Å². The second kappa shape index (κ2) is 5.16. The van der Waals surface area contributed by atoms with E-state index in [1.807, 2.05) is 0 Å². The lowest BCUT2D eigenvalue weighted by atomic mass is 10.1. The zero-order valence-corrected chi connectivity index (χ0v) is 6.21. The Labute approximate surface area is 62.9 Å². The van der Waals surface area contributed by atoms with Gasteiger partial charge in [-0.3, -0.25) is 4.39 Å². The molecular formula is C7H10F4.